The summed E-state index contributed by atoms with van der Waals surface area (Å²) < 4.78 is 26.6. The zero-order valence-electron chi connectivity index (χ0n) is 14.5. The first kappa shape index (κ1) is 19.4. The molecular weight excluding hydrogens is 356 g/mol. The third-order valence-corrected chi connectivity index (χ3v) is 6.64. The predicted octanol–water partition coefficient (Wildman–Crippen LogP) is 3.74. The molecule has 1 N–H and O–H groups in total. The Morgan fingerprint density at radius 2 is 1.96 bits per heavy atom. The maximum absolute atomic E-state index is 12.6. The first-order chi connectivity index (χ1) is 11.9. The van der Waals surface area contributed by atoms with E-state index in [0.717, 1.165) is 10.4 Å². The number of benzene rings is 1. The minimum absolute atomic E-state index is 0.180. The molecule has 5 nitrogen and oxygen atoms in total. The van der Waals surface area contributed by atoms with Gasteiger partial charge in [-0.25, -0.2) is 8.42 Å². The van der Waals surface area contributed by atoms with Crippen molar-refractivity contribution < 1.29 is 13.2 Å². The Hall–Kier alpha value is -1.96. The average Bonchev–Trinajstić information content (AvgIpc) is 3.09. The van der Waals surface area contributed by atoms with Gasteiger partial charge in [-0.3, -0.25) is 4.79 Å². The summed E-state index contributed by atoms with van der Waals surface area (Å²) in [7, 11) is -3.56. The largest absolute Gasteiger partial charge is 0.322 e. The fourth-order valence-electron chi connectivity index (χ4n) is 2.33. The highest BCUT2D eigenvalue weighted by molar-refractivity contribution is 7.89. The number of hydrogen-bond donors (Lipinski definition) is 1. The highest BCUT2D eigenvalue weighted by Crippen LogP contribution is 2.23. The number of nitrogens with one attached hydrogen (secondary N) is 1. The summed E-state index contributed by atoms with van der Waals surface area (Å²) in [5, 5.41) is 4.69. The topological polar surface area (TPSA) is 66.5 Å². The molecule has 1 heterocycles. The number of anilines is 1. The molecule has 25 heavy (non-hydrogen) atoms. The summed E-state index contributed by atoms with van der Waals surface area (Å²) in [4.78, 5) is 13.3. The number of carbonyl (C=O) groups excluding carboxylic acids is 1. The van der Waals surface area contributed by atoms with Crippen LogP contribution in [0.15, 0.2) is 46.7 Å². The Morgan fingerprint density at radius 3 is 2.56 bits per heavy atom. The van der Waals surface area contributed by atoms with E-state index in [4.69, 9.17) is 0 Å². The van der Waals surface area contributed by atoms with Crippen LogP contribution in [0.4, 0.5) is 5.69 Å². The zero-order chi connectivity index (χ0) is 18.4. The molecule has 0 radical (unpaired) electrons. The lowest BCUT2D eigenvalue weighted by Gasteiger charge is -2.19. The van der Waals surface area contributed by atoms with E-state index in [2.05, 4.69) is 5.32 Å². The van der Waals surface area contributed by atoms with Crippen LogP contribution in [0.3, 0.4) is 0 Å². The van der Waals surface area contributed by atoms with Crippen LogP contribution in [0.1, 0.15) is 24.3 Å². The molecule has 0 aliphatic rings. The quantitative estimate of drug-likeness (QED) is 0.747. The first-order valence-corrected chi connectivity index (χ1v) is 10.3. The fraction of sp³-hybridized carbons (Fsp3) is 0.278. The maximum atomic E-state index is 12.6. The summed E-state index contributed by atoms with van der Waals surface area (Å²) in [5.74, 6) is -0.297. The van der Waals surface area contributed by atoms with Gasteiger partial charge in [0.05, 0.1) is 4.90 Å². The van der Waals surface area contributed by atoms with Gasteiger partial charge in [0.25, 0.3) is 0 Å². The maximum Gasteiger partial charge on any atom is 0.248 e. The third kappa shape index (κ3) is 4.78. The summed E-state index contributed by atoms with van der Waals surface area (Å²) in [6, 6.07) is 8.61. The molecule has 0 saturated carbocycles. The van der Waals surface area contributed by atoms with E-state index in [9.17, 15) is 13.2 Å². The Bertz CT molecular complexity index is 852. The van der Waals surface area contributed by atoms with Gasteiger partial charge in [-0.1, -0.05) is 26.0 Å². The number of hydrogen-bond acceptors (Lipinski definition) is 4. The van der Waals surface area contributed by atoms with Gasteiger partial charge in [0.1, 0.15) is 0 Å². The molecule has 1 aromatic heterocycles. The van der Waals surface area contributed by atoms with Crippen molar-refractivity contribution in [1.29, 1.82) is 0 Å². The lowest BCUT2D eigenvalue weighted by atomic mass is 10.2. The van der Waals surface area contributed by atoms with Gasteiger partial charge in [0.2, 0.25) is 15.9 Å². The van der Waals surface area contributed by atoms with Crippen LogP contribution in [0.25, 0.3) is 6.08 Å². The molecule has 0 spiro atoms. The van der Waals surface area contributed by atoms with Crippen LogP contribution in [-0.4, -0.2) is 31.7 Å². The van der Waals surface area contributed by atoms with Crippen LogP contribution in [0.5, 0.6) is 0 Å². The number of amides is 1. The Morgan fingerprint density at radius 1 is 1.24 bits per heavy atom. The van der Waals surface area contributed by atoms with Crippen molar-refractivity contribution in [2.24, 2.45) is 0 Å². The van der Waals surface area contributed by atoms with Crippen LogP contribution >= 0.6 is 11.3 Å². The van der Waals surface area contributed by atoms with Crippen molar-refractivity contribution in [1.82, 2.24) is 4.31 Å². The van der Waals surface area contributed by atoms with Crippen LogP contribution < -0.4 is 5.32 Å². The minimum atomic E-state index is -3.56. The minimum Gasteiger partial charge on any atom is -0.322 e. The molecule has 0 fully saturated rings. The van der Waals surface area contributed by atoms with Crippen molar-refractivity contribution in [2.75, 3.05) is 18.4 Å². The third-order valence-electron chi connectivity index (χ3n) is 3.75. The molecule has 0 aliphatic heterocycles. The Balaban J connectivity index is 2.23. The number of sulfonamides is 1. The van der Waals surface area contributed by atoms with E-state index >= 15 is 0 Å². The van der Waals surface area contributed by atoms with E-state index in [-0.39, 0.29) is 10.8 Å². The molecule has 0 saturated heterocycles. The highest BCUT2D eigenvalue weighted by atomic mass is 32.2. The number of carbonyl (C=O) groups is 1. The zero-order valence-corrected chi connectivity index (χ0v) is 16.2. The van der Waals surface area contributed by atoms with Crippen LogP contribution in [0.2, 0.25) is 0 Å². The summed E-state index contributed by atoms with van der Waals surface area (Å²) in [5.41, 5.74) is 1.30. The van der Waals surface area contributed by atoms with Gasteiger partial charge < -0.3 is 5.32 Å². The molecule has 1 amide bonds. The van der Waals surface area contributed by atoms with Crippen molar-refractivity contribution >= 4 is 39.0 Å². The normalized spacial score (nSPS) is 12.0. The standard InChI is InChI=1S/C18H22N2O3S2/c1-4-20(5-2)25(22,23)16-10-8-14(3)17(13-16)19-18(21)11-9-15-7-6-12-24-15/h6-13H,4-5H2,1-3H3,(H,19,21)/b11-9+. The lowest BCUT2D eigenvalue weighted by molar-refractivity contribution is -0.111. The van der Waals surface area contributed by atoms with Crippen LogP contribution in [-0.2, 0) is 14.8 Å². The van der Waals surface area contributed by atoms with Gasteiger partial charge in [0, 0.05) is 29.7 Å². The van der Waals surface area contributed by atoms with Crippen molar-refractivity contribution in [3.05, 3.63) is 52.2 Å². The highest BCUT2D eigenvalue weighted by Gasteiger charge is 2.22. The number of nitrogens with zero attached hydrogens (tertiary/aromatic N) is 1. The molecule has 0 unspecified atom stereocenters. The van der Waals surface area contributed by atoms with Gasteiger partial charge in [-0.15, -0.1) is 11.3 Å². The van der Waals surface area contributed by atoms with Crippen LogP contribution in [0, 0.1) is 6.92 Å². The molecule has 0 atom stereocenters. The Labute approximate surface area is 153 Å². The van der Waals surface area contributed by atoms with Gasteiger partial charge in [-0.2, -0.15) is 4.31 Å². The van der Waals surface area contributed by atoms with Crippen molar-refractivity contribution in [3.8, 4) is 0 Å². The molecule has 1 aromatic carbocycles. The van der Waals surface area contributed by atoms with Crippen molar-refractivity contribution in [2.45, 2.75) is 25.7 Å². The second-order valence-corrected chi connectivity index (χ2v) is 8.32. The smallest absolute Gasteiger partial charge is 0.248 e. The first-order valence-electron chi connectivity index (χ1n) is 8.01. The number of thiophene rings is 1. The lowest BCUT2D eigenvalue weighted by Crippen LogP contribution is -2.30. The molecular formula is C18H22N2O3S2. The predicted molar refractivity (Wildman–Crippen MR) is 103 cm³/mol. The Kier molecular flexibility index (Phi) is 6.52. The molecule has 2 rings (SSSR count). The van der Waals surface area contributed by atoms with E-state index in [0.29, 0.717) is 18.8 Å². The molecule has 134 valence electrons. The van der Waals surface area contributed by atoms with E-state index < -0.39 is 10.0 Å². The molecule has 0 bridgehead atoms. The van der Waals surface area contributed by atoms with E-state index in [1.54, 1.807) is 32.1 Å². The fourth-order valence-corrected chi connectivity index (χ4v) is 4.43. The number of aryl methyl sites for hydroxylation is 1. The molecule has 2 aromatic rings. The molecule has 0 aliphatic carbocycles. The van der Waals surface area contributed by atoms with Gasteiger partial charge in [0.15, 0.2) is 0 Å². The van der Waals surface area contributed by atoms with E-state index in [1.807, 2.05) is 24.4 Å². The van der Waals surface area contributed by atoms with E-state index in [1.165, 1.54) is 27.8 Å². The monoisotopic (exact) mass is 378 g/mol. The molecule has 7 heteroatoms. The summed E-state index contributed by atoms with van der Waals surface area (Å²) >= 11 is 1.54. The van der Waals surface area contributed by atoms with Gasteiger partial charge in [-0.05, 0) is 42.1 Å². The number of rotatable bonds is 7. The average molecular weight is 379 g/mol. The van der Waals surface area contributed by atoms with Gasteiger partial charge >= 0.3 is 0 Å². The van der Waals surface area contributed by atoms with Crippen molar-refractivity contribution in [3.63, 3.8) is 0 Å². The summed E-state index contributed by atoms with van der Waals surface area (Å²) in [6.45, 7) is 6.23. The SMILES string of the molecule is CCN(CC)S(=O)(=O)c1ccc(C)c(NC(=O)/C=C/c2cccs2)c1. The summed E-state index contributed by atoms with van der Waals surface area (Å²) in [6.07, 6.45) is 3.17. The second kappa shape index (κ2) is 8.42. The second-order valence-electron chi connectivity index (χ2n) is 5.40.